The number of ether oxygens (including phenoxy) is 1. The van der Waals surface area contributed by atoms with E-state index in [2.05, 4.69) is 25.9 Å². The third-order valence-corrected chi connectivity index (χ3v) is 8.81. The number of nitrogens with zero attached hydrogens (tertiary/aromatic N) is 5. The monoisotopic (exact) mass is 523 g/mol. The zero-order chi connectivity index (χ0) is 26.4. The van der Waals surface area contributed by atoms with Crippen LogP contribution in [-0.4, -0.2) is 38.0 Å². The number of amides is 1. The molecule has 4 fully saturated rings. The predicted molar refractivity (Wildman–Crippen MR) is 147 cm³/mol. The first-order valence-corrected chi connectivity index (χ1v) is 13.9. The molecule has 0 unspecified atom stereocenters. The summed E-state index contributed by atoms with van der Waals surface area (Å²) in [5.41, 5.74) is 4.87. The SMILES string of the molecule is COCc1cccc(Nc2ncc3nnn(-c4cccc(CNC(=O)C56CC7CC(CC(C7)C5)C6)c4)c3n2)c1. The number of anilines is 2. The van der Waals surface area contributed by atoms with Crippen LogP contribution in [0.25, 0.3) is 16.9 Å². The molecule has 9 nitrogen and oxygen atoms in total. The quantitative estimate of drug-likeness (QED) is 0.337. The molecule has 2 N–H and O–H groups in total. The van der Waals surface area contributed by atoms with Gasteiger partial charge in [0.2, 0.25) is 11.9 Å². The van der Waals surface area contributed by atoms with Gasteiger partial charge in [-0.15, -0.1) is 5.10 Å². The lowest BCUT2D eigenvalue weighted by Gasteiger charge is -2.55. The number of nitrogens with one attached hydrogen (secondary N) is 2. The molecule has 0 radical (unpaired) electrons. The van der Waals surface area contributed by atoms with E-state index in [9.17, 15) is 4.79 Å². The van der Waals surface area contributed by atoms with Gasteiger partial charge in [-0.3, -0.25) is 4.79 Å². The molecule has 1 amide bonds. The summed E-state index contributed by atoms with van der Waals surface area (Å²) in [7, 11) is 1.68. The van der Waals surface area contributed by atoms with Gasteiger partial charge in [0.15, 0.2) is 11.2 Å². The normalized spacial score (nSPS) is 25.2. The van der Waals surface area contributed by atoms with E-state index < -0.39 is 0 Å². The first kappa shape index (κ1) is 24.2. The van der Waals surface area contributed by atoms with Crippen LogP contribution in [0.3, 0.4) is 0 Å². The third kappa shape index (κ3) is 4.65. The average molecular weight is 524 g/mol. The Balaban J connectivity index is 1.08. The Kier molecular flexibility index (Phi) is 6.03. The summed E-state index contributed by atoms with van der Waals surface area (Å²) in [4.78, 5) is 22.6. The molecule has 0 aliphatic heterocycles. The van der Waals surface area contributed by atoms with Crippen molar-refractivity contribution in [2.45, 2.75) is 51.7 Å². The molecule has 8 rings (SSSR count). The van der Waals surface area contributed by atoms with Crippen LogP contribution in [0.1, 0.15) is 49.7 Å². The van der Waals surface area contributed by atoms with E-state index in [-0.39, 0.29) is 11.3 Å². The van der Waals surface area contributed by atoms with Crippen molar-refractivity contribution >= 4 is 28.7 Å². The summed E-state index contributed by atoms with van der Waals surface area (Å²) in [6.45, 7) is 1.03. The van der Waals surface area contributed by atoms with Crippen molar-refractivity contribution in [2.75, 3.05) is 12.4 Å². The fraction of sp³-hybridized carbons (Fsp3) is 0.433. The molecule has 2 heterocycles. The number of hydrogen-bond donors (Lipinski definition) is 2. The van der Waals surface area contributed by atoms with E-state index in [0.717, 1.165) is 59.5 Å². The van der Waals surface area contributed by atoms with E-state index in [1.807, 2.05) is 48.5 Å². The molecule has 200 valence electrons. The van der Waals surface area contributed by atoms with Crippen molar-refractivity contribution in [2.24, 2.45) is 23.2 Å². The zero-order valence-electron chi connectivity index (χ0n) is 22.1. The maximum absolute atomic E-state index is 13.4. The summed E-state index contributed by atoms with van der Waals surface area (Å²) in [5.74, 6) is 2.96. The van der Waals surface area contributed by atoms with Crippen LogP contribution in [0.5, 0.6) is 0 Å². The maximum Gasteiger partial charge on any atom is 0.229 e. The minimum atomic E-state index is -0.141. The molecule has 0 atom stereocenters. The van der Waals surface area contributed by atoms with Crippen LogP contribution in [0.4, 0.5) is 11.6 Å². The number of hydrogen-bond acceptors (Lipinski definition) is 7. The molecule has 4 saturated carbocycles. The van der Waals surface area contributed by atoms with Gasteiger partial charge in [-0.05, 0) is 91.7 Å². The van der Waals surface area contributed by atoms with Gasteiger partial charge in [0, 0.05) is 24.8 Å². The van der Waals surface area contributed by atoms with Crippen molar-refractivity contribution in [1.29, 1.82) is 0 Å². The summed E-state index contributed by atoms with van der Waals surface area (Å²) in [5, 5.41) is 15.2. The largest absolute Gasteiger partial charge is 0.380 e. The smallest absolute Gasteiger partial charge is 0.229 e. The van der Waals surface area contributed by atoms with E-state index in [1.54, 1.807) is 18.0 Å². The lowest BCUT2D eigenvalue weighted by Crippen LogP contribution is -2.53. The summed E-state index contributed by atoms with van der Waals surface area (Å²) < 4.78 is 6.95. The molecule has 4 bridgehead atoms. The average Bonchev–Trinajstić information content (AvgIpc) is 3.35. The van der Waals surface area contributed by atoms with Gasteiger partial charge in [-0.25, -0.2) is 4.98 Å². The van der Waals surface area contributed by atoms with Crippen molar-refractivity contribution in [3.05, 3.63) is 65.9 Å². The van der Waals surface area contributed by atoms with Crippen LogP contribution in [-0.2, 0) is 22.7 Å². The lowest BCUT2D eigenvalue weighted by molar-refractivity contribution is -0.146. The second kappa shape index (κ2) is 9.72. The van der Waals surface area contributed by atoms with Crippen molar-refractivity contribution in [1.82, 2.24) is 30.3 Å². The molecule has 39 heavy (non-hydrogen) atoms. The van der Waals surface area contributed by atoms with Gasteiger partial charge in [0.05, 0.1) is 18.5 Å². The number of carbonyl (C=O) groups excluding carboxylic acids is 1. The molecule has 0 saturated heterocycles. The Hall–Kier alpha value is -3.85. The highest BCUT2D eigenvalue weighted by molar-refractivity contribution is 5.83. The Morgan fingerprint density at radius 2 is 1.77 bits per heavy atom. The minimum absolute atomic E-state index is 0.141. The Bertz CT molecular complexity index is 1500. The highest BCUT2D eigenvalue weighted by atomic mass is 16.5. The van der Waals surface area contributed by atoms with E-state index in [4.69, 9.17) is 9.72 Å². The molecule has 4 aliphatic rings. The number of rotatable bonds is 8. The van der Waals surface area contributed by atoms with Gasteiger partial charge < -0.3 is 15.4 Å². The van der Waals surface area contributed by atoms with Crippen molar-refractivity contribution in [3.63, 3.8) is 0 Å². The maximum atomic E-state index is 13.4. The van der Waals surface area contributed by atoms with Crippen LogP contribution < -0.4 is 10.6 Å². The van der Waals surface area contributed by atoms with Gasteiger partial charge in [0.25, 0.3) is 0 Å². The van der Waals surface area contributed by atoms with Gasteiger partial charge in [-0.2, -0.15) is 9.67 Å². The highest BCUT2D eigenvalue weighted by Crippen LogP contribution is 2.60. The van der Waals surface area contributed by atoms with E-state index >= 15 is 0 Å². The first-order valence-electron chi connectivity index (χ1n) is 13.9. The molecular weight excluding hydrogens is 490 g/mol. The Morgan fingerprint density at radius 1 is 1.03 bits per heavy atom. The highest BCUT2D eigenvalue weighted by Gasteiger charge is 2.54. The summed E-state index contributed by atoms with van der Waals surface area (Å²) in [6.07, 6.45) is 8.89. The van der Waals surface area contributed by atoms with Gasteiger partial charge in [0.1, 0.15) is 0 Å². The zero-order valence-corrected chi connectivity index (χ0v) is 22.1. The van der Waals surface area contributed by atoms with Crippen molar-refractivity contribution < 1.29 is 9.53 Å². The van der Waals surface area contributed by atoms with Crippen molar-refractivity contribution in [3.8, 4) is 5.69 Å². The molecule has 4 aromatic rings. The fourth-order valence-corrected chi connectivity index (χ4v) is 7.55. The van der Waals surface area contributed by atoms with E-state index in [1.165, 1.54) is 19.3 Å². The molecule has 9 heteroatoms. The van der Waals surface area contributed by atoms with Crippen LogP contribution in [0, 0.1) is 23.2 Å². The number of fused-ring (bicyclic) bond motifs is 1. The second-order valence-corrected chi connectivity index (χ2v) is 11.7. The molecule has 2 aromatic heterocycles. The number of aromatic nitrogens is 5. The lowest BCUT2D eigenvalue weighted by atomic mass is 9.49. The Labute approximate surface area is 227 Å². The van der Waals surface area contributed by atoms with Gasteiger partial charge in [-0.1, -0.05) is 29.5 Å². The second-order valence-electron chi connectivity index (χ2n) is 11.7. The molecule has 4 aliphatic carbocycles. The summed E-state index contributed by atoms with van der Waals surface area (Å²) in [6, 6.07) is 16.0. The number of carbonyl (C=O) groups is 1. The number of methoxy groups -OCH3 is 1. The summed E-state index contributed by atoms with van der Waals surface area (Å²) >= 11 is 0. The fourth-order valence-electron chi connectivity index (χ4n) is 7.55. The van der Waals surface area contributed by atoms with Crippen LogP contribution in [0.2, 0.25) is 0 Å². The predicted octanol–water partition coefficient (Wildman–Crippen LogP) is 4.93. The van der Waals surface area contributed by atoms with E-state index in [0.29, 0.717) is 30.3 Å². The van der Waals surface area contributed by atoms with Crippen LogP contribution in [0.15, 0.2) is 54.7 Å². The Morgan fingerprint density at radius 3 is 2.54 bits per heavy atom. The standard InChI is InChI=1S/C30H33N7O2/c1-39-18-20-5-2-6-24(11-20)33-29-32-17-26-27(34-29)37(36-35-26)25-7-3-4-19(12-25)16-31-28(38)30-13-21-8-22(14-30)10-23(9-21)15-30/h2-7,11-12,17,21-23H,8-10,13-16,18H2,1H3,(H,31,38)(H,32,33,34). The molecule has 2 aromatic carbocycles. The van der Waals surface area contributed by atoms with Crippen LogP contribution >= 0.6 is 0 Å². The topological polar surface area (TPSA) is 107 Å². The molecule has 0 spiro atoms. The number of benzene rings is 2. The van der Waals surface area contributed by atoms with Gasteiger partial charge >= 0.3 is 0 Å². The first-order chi connectivity index (χ1) is 19.1. The minimum Gasteiger partial charge on any atom is -0.380 e. The molecular formula is C30H33N7O2. The third-order valence-electron chi connectivity index (χ3n) is 8.81.